The highest BCUT2D eigenvalue weighted by atomic mass is 35.5. The molecular weight excluding hydrogens is 301 g/mol. The Morgan fingerprint density at radius 1 is 1.15 bits per heavy atom. The molecule has 2 rings (SSSR count). The lowest BCUT2D eigenvalue weighted by molar-refractivity contribution is 0.0696. The van der Waals surface area contributed by atoms with Crippen LogP contribution in [0.4, 0.5) is 0 Å². The van der Waals surface area contributed by atoms with Crippen molar-refractivity contribution >= 4 is 29.2 Å². The zero-order valence-corrected chi connectivity index (χ0v) is 12.3. The Hall–Kier alpha value is -1.78. The number of benzene rings is 1. The van der Waals surface area contributed by atoms with Gasteiger partial charge >= 0.3 is 5.97 Å². The lowest BCUT2D eigenvalue weighted by atomic mass is 10.1. The zero-order valence-electron chi connectivity index (χ0n) is 10.8. The van der Waals surface area contributed by atoms with Crippen LogP contribution in [-0.4, -0.2) is 16.1 Å². The fraction of sp³-hybridized carbons (Fsp3) is 0.143. The molecule has 0 fully saturated rings. The van der Waals surface area contributed by atoms with E-state index < -0.39 is 5.97 Å². The summed E-state index contributed by atoms with van der Waals surface area (Å²) in [5, 5.41) is 9.69. The van der Waals surface area contributed by atoms with Gasteiger partial charge < -0.3 is 9.84 Å². The van der Waals surface area contributed by atoms with E-state index in [1.54, 1.807) is 12.1 Å². The first kappa shape index (κ1) is 14.6. The topological polar surface area (TPSA) is 59.4 Å². The largest absolute Gasteiger partial charge is 0.478 e. The Kier molecular flexibility index (Phi) is 4.16. The van der Waals surface area contributed by atoms with Crippen LogP contribution in [0.5, 0.6) is 11.6 Å². The number of hydrogen-bond acceptors (Lipinski definition) is 3. The molecule has 6 heteroatoms. The van der Waals surface area contributed by atoms with Crippen molar-refractivity contribution in [2.45, 2.75) is 13.8 Å². The Bertz CT molecular complexity index is 663. The van der Waals surface area contributed by atoms with Crippen LogP contribution >= 0.6 is 23.2 Å². The van der Waals surface area contributed by atoms with Crippen LogP contribution in [0.3, 0.4) is 0 Å². The van der Waals surface area contributed by atoms with Gasteiger partial charge in [0.15, 0.2) is 0 Å². The van der Waals surface area contributed by atoms with Crippen molar-refractivity contribution in [3.63, 3.8) is 0 Å². The van der Waals surface area contributed by atoms with Crippen molar-refractivity contribution in [3.05, 3.63) is 51.1 Å². The lowest BCUT2D eigenvalue weighted by Crippen LogP contribution is -1.99. The Balaban J connectivity index is 2.37. The molecule has 0 aliphatic heterocycles. The molecule has 1 N–H and O–H groups in total. The van der Waals surface area contributed by atoms with E-state index >= 15 is 0 Å². The highest BCUT2D eigenvalue weighted by Crippen LogP contribution is 2.29. The molecule has 1 aromatic heterocycles. The summed E-state index contributed by atoms with van der Waals surface area (Å²) in [5.74, 6) is -0.450. The van der Waals surface area contributed by atoms with Crippen LogP contribution in [0.25, 0.3) is 0 Å². The van der Waals surface area contributed by atoms with Crippen molar-refractivity contribution in [1.29, 1.82) is 0 Å². The van der Waals surface area contributed by atoms with E-state index in [0.29, 0.717) is 10.8 Å². The first-order valence-electron chi connectivity index (χ1n) is 5.72. The monoisotopic (exact) mass is 311 g/mol. The van der Waals surface area contributed by atoms with Crippen LogP contribution in [0, 0.1) is 13.8 Å². The van der Waals surface area contributed by atoms with Crippen LogP contribution in [0.15, 0.2) is 24.3 Å². The van der Waals surface area contributed by atoms with E-state index in [1.807, 2.05) is 13.8 Å². The van der Waals surface area contributed by atoms with Crippen LogP contribution in [0.2, 0.25) is 10.2 Å². The lowest BCUT2D eigenvalue weighted by Gasteiger charge is -2.09. The van der Waals surface area contributed by atoms with E-state index in [9.17, 15) is 4.79 Å². The normalized spacial score (nSPS) is 10.4. The fourth-order valence-electron chi connectivity index (χ4n) is 1.73. The second kappa shape index (κ2) is 5.69. The Morgan fingerprint density at radius 2 is 1.75 bits per heavy atom. The van der Waals surface area contributed by atoms with E-state index in [-0.39, 0.29) is 16.6 Å². The molecule has 4 nitrogen and oxygen atoms in total. The number of carboxylic acid groups (broad SMARTS) is 1. The minimum Gasteiger partial charge on any atom is -0.478 e. The van der Waals surface area contributed by atoms with Gasteiger partial charge in [-0.1, -0.05) is 23.2 Å². The predicted molar refractivity (Wildman–Crippen MR) is 77.2 cm³/mol. The zero-order chi connectivity index (χ0) is 14.9. The van der Waals surface area contributed by atoms with Crippen molar-refractivity contribution in [2.24, 2.45) is 0 Å². The van der Waals surface area contributed by atoms with Gasteiger partial charge in [0.2, 0.25) is 5.88 Å². The van der Waals surface area contributed by atoms with Gasteiger partial charge in [-0.15, -0.1) is 0 Å². The quantitative estimate of drug-likeness (QED) is 0.848. The van der Waals surface area contributed by atoms with Crippen molar-refractivity contribution in [1.82, 2.24) is 4.98 Å². The maximum absolute atomic E-state index is 11.0. The van der Waals surface area contributed by atoms with Crippen LogP contribution in [0.1, 0.15) is 21.5 Å². The fourth-order valence-corrected chi connectivity index (χ4v) is 2.04. The van der Waals surface area contributed by atoms with Gasteiger partial charge in [0, 0.05) is 11.1 Å². The van der Waals surface area contributed by atoms with Gasteiger partial charge in [-0.25, -0.2) is 9.78 Å². The number of nitrogens with zero attached hydrogens (tertiary/aromatic N) is 1. The van der Waals surface area contributed by atoms with Gasteiger partial charge in [0.05, 0.1) is 5.56 Å². The Labute approximate surface area is 125 Å². The molecule has 0 saturated carbocycles. The summed E-state index contributed by atoms with van der Waals surface area (Å²) in [7, 11) is 0. The molecule has 1 heterocycles. The molecule has 104 valence electrons. The first-order valence-corrected chi connectivity index (χ1v) is 6.48. The minimum absolute atomic E-state index is 0.0161. The van der Waals surface area contributed by atoms with Gasteiger partial charge in [0.25, 0.3) is 0 Å². The number of aryl methyl sites for hydroxylation is 2. The molecule has 0 spiro atoms. The number of aromatic nitrogens is 1. The highest BCUT2D eigenvalue weighted by molar-refractivity contribution is 6.32. The molecular formula is C14H11Cl2NO3. The van der Waals surface area contributed by atoms with Gasteiger partial charge in [-0.2, -0.15) is 0 Å². The summed E-state index contributed by atoms with van der Waals surface area (Å²) >= 11 is 11.8. The molecule has 0 aliphatic rings. The van der Waals surface area contributed by atoms with Gasteiger partial charge in [0.1, 0.15) is 10.9 Å². The number of carbonyl (C=O) groups is 1. The summed E-state index contributed by atoms with van der Waals surface area (Å²) in [5.41, 5.74) is 1.74. The molecule has 2 aromatic rings. The smallest absolute Gasteiger partial charge is 0.335 e. The van der Waals surface area contributed by atoms with E-state index in [1.165, 1.54) is 12.1 Å². The minimum atomic E-state index is -1.09. The van der Waals surface area contributed by atoms with Crippen LogP contribution < -0.4 is 4.74 Å². The van der Waals surface area contributed by atoms with Gasteiger partial charge in [-0.05, 0) is 43.2 Å². The number of aromatic carboxylic acids is 1. The number of rotatable bonds is 3. The van der Waals surface area contributed by atoms with E-state index in [4.69, 9.17) is 33.0 Å². The summed E-state index contributed by atoms with van der Waals surface area (Å²) in [6, 6.07) is 6.07. The molecule has 0 saturated heterocycles. The second-order valence-electron chi connectivity index (χ2n) is 4.30. The van der Waals surface area contributed by atoms with Crippen molar-refractivity contribution in [3.8, 4) is 11.6 Å². The maximum atomic E-state index is 11.0. The third-order valence-corrected chi connectivity index (χ3v) is 3.44. The number of hydrogen-bond donors (Lipinski definition) is 1. The average Bonchev–Trinajstić information content (AvgIpc) is 2.35. The molecule has 0 aliphatic carbocycles. The number of pyridine rings is 1. The van der Waals surface area contributed by atoms with Gasteiger partial charge in [-0.3, -0.25) is 0 Å². The SMILES string of the molecule is Cc1cc(Oc2cc(C(=O)O)cc(Cl)n2)cc(C)c1Cl. The summed E-state index contributed by atoms with van der Waals surface area (Å²) in [6.07, 6.45) is 0. The standard InChI is InChI=1S/C14H11Cl2NO3/c1-7-3-10(4-8(2)13(7)16)20-12-6-9(14(18)19)5-11(15)17-12/h3-6H,1-2H3,(H,18,19). The summed E-state index contributed by atoms with van der Waals surface area (Å²) in [6.45, 7) is 3.71. The number of carboxylic acids is 1. The molecule has 0 atom stereocenters. The number of halogens is 2. The molecule has 20 heavy (non-hydrogen) atoms. The summed E-state index contributed by atoms with van der Waals surface area (Å²) in [4.78, 5) is 14.9. The van der Waals surface area contributed by atoms with Crippen molar-refractivity contribution in [2.75, 3.05) is 0 Å². The summed E-state index contributed by atoms with van der Waals surface area (Å²) < 4.78 is 5.55. The molecule has 1 aromatic carbocycles. The average molecular weight is 312 g/mol. The van der Waals surface area contributed by atoms with E-state index in [0.717, 1.165) is 11.1 Å². The predicted octanol–water partition coefficient (Wildman–Crippen LogP) is 4.50. The van der Waals surface area contributed by atoms with E-state index in [2.05, 4.69) is 4.98 Å². The maximum Gasteiger partial charge on any atom is 0.335 e. The molecule has 0 unspecified atom stereocenters. The molecule has 0 amide bonds. The first-order chi connectivity index (χ1) is 9.36. The third-order valence-electron chi connectivity index (χ3n) is 2.65. The molecule has 0 radical (unpaired) electrons. The number of ether oxygens (including phenoxy) is 1. The van der Waals surface area contributed by atoms with Crippen LogP contribution in [-0.2, 0) is 0 Å². The van der Waals surface area contributed by atoms with Crippen molar-refractivity contribution < 1.29 is 14.6 Å². The highest BCUT2D eigenvalue weighted by Gasteiger charge is 2.10. The Morgan fingerprint density at radius 3 is 2.30 bits per heavy atom. The second-order valence-corrected chi connectivity index (χ2v) is 5.06. The third kappa shape index (κ3) is 3.21. The molecule has 0 bridgehead atoms.